The number of benzene rings is 1. The third-order valence-electron chi connectivity index (χ3n) is 2.65. The number of nitrogens with one attached hydrogen (secondary N) is 2. The number of hydrogen-bond donors (Lipinski definition) is 3. The molecular weight excluding hydrogens is 274 g/mol. The zero-order valence-electron chi connectivity index (χ0n) is 10.8. The summed E-state index contributed by atoms with van der Waals surface area (Å²) >= 11 is 1.58. The second-order valence-corrected chi connectivity index (χ2v) is 4.99. The summed E-state index contributed by atoms with van der Waals surface area (Å²) in [5.41, 5.74) is 7.66. The molecule has 0 aliphatic rings. The maximum atomic E-state index is 11.8. The van der Waals surface area contributed by atoms with Crippen LogP contribution in [-0.2, 0) is 11.3 Å². The molecule has 0 bridgehead atoms. The van der Waals surface area contributed by atoms with Crippen LogP contribution >= 0.6 is 11.3 Å². The zero-order valence-corrected chi connectivity index (χ0v) is 11.6. The van der Waals surface area contributed by atoms with E-state index in [0.717, 1.165) is 5.56 Å². The maximum absolute atomic E-state index is 11.8. The highest BCUT2D eigenvalue weighted by Gasteiger charge is 2.07. The van der Waals surface area contributed by atoms with Gasteiger partial charge in [0.2, 0.25) is 5.91 Å². The lowest BCUT2D eigenvalue weighted by atomic mass is 10.2. The minimum atomic E-state index is -0.296. The summed E-state index contributed by atoms with van der Waals surface area (Å²) in [7, 11) is 0. The van der Waals surface area contributed by atoms with Gasteiger partial charge in [0.05, 0.1) is 6.54 Å². The second kappa shape index (κ2) is 6.72. The van der Waals surface area contributed by atoms with Crippen molar-refractivity contribution in [2.75, 3.05) is 12.3 Å². The molecule has 20 heavy (non-hydrogen) atoms. The van der Waals surface area contributed by atoms with Crippen LogP contribution in [0.25, 0.3) is 0 Å². The molecule has 0 atom stereocenters. The molecule has 2 rings (SSSR count). The molecule has 2 aromatic rings. The summed E-state index contributed by atoms with van der Waals surface area (Å²) < 4.78 is 0. The molecule has 5 nitrogen and oxygen atoms in total. The highest BCUT2D eigenvalue weighted by molar-refractivity contribution is 7.07. The van der Waals surface area contributed by atoms with Gasteiger partial charge in [-0.15, -0.1) is 0 Å². The van der Waals surface area contributed by atoms with Crippen LogP contribution in [0.1, 0.15) is 15.9 Å². The van der Waals surface area contributed by atoms with Crippen LogP contribution in [0.4, 0.5) is 5.69 Å². The van der Waals surface area contributed by atoms with Crippen LogP contribution in [0.5, 0.6) is 0 Å². The van der Waals surface area contributed by atoms with Crippen molar-refractivity contribution in [3.63, 3.8) is 0 Å². The Morgan fingerprint density at radius 2 is 1.85 bits per heavy atom. The Kier molecular flexibility index (Phi) is 4.73. The first-order valence-electron chi connectivity index (χ1n) is 6.06. The minimum Gasteiger partial charge on any atom is -0.399 e. The van der Waals surface area contributed by atoms with Crippen molar-refractivity contribution < 1.29 is 9.59 Å². The van der Waals surface area contributed by atoms with E-state index in [9.17, 15) is 9.59 Å². The predicted octanol–water partition coefficient (Wildman–Crippen LogP) is 1.38. The molecule has 1 aromatic heterocycles. The molecule has 4 N–H and O–H groups in total. The summed E-state index contributed by atoms with van der Waals surface area (Å²) in [4.78, 5) is 23.3. The van der Waals surface area contributed by atoms with E-state index < -0.39 is 0 Å². The molecule has 0 unspecified atom stereocenters. The Morgan fingerprint density at radius 3 is 2.50 bits per heavy atom. The van der Waals surface area contributed by atoms with Gasteiger partial charge in [-0.05, 0) is 46.7 Å². The SMILES string of the molecule is Nc1ccc(C(=O)NCC(=O)NCc2ccsc2)cc1. The molecule has 0 saturated carbocycles. The Morgan fingerprint density at radius 1 is 1.10 bits per heavy atom. The third kappa shape index (κ3) is 4.10. The monoisotopic (exact) mass is 289 g/mol. The number of hydrogen-bond acceptors (Lipinski definition) is 4. The Labute approximate surface area is 120 Å². The molecule has 0 radical (unpaired) electrons. The van der Waals surface area contributed by atoms with Gasteiger partial charge in [0.25, 0.3) is 5.91 Å². The summed E-state index contributed by atoms with van der Waals surface area (Å²) in [6.45, 7) is 0.424. The van der Waals surface area contributed by atoms with Gasteiger partial charge in [0.1, 0.15) is 0 Å². The van der Waals surface area contributed by atoms with Crippen LogP contribution in [0.3, 0.4) is 0 Å². The molecule has 1 aromatic carbocycles. The summed E-state index contributed by atoms with van der Waals surface area (Å²) in [6.07, 6.45) is 0. The molecule has 6 heteroatoms. The van der Waals surface area contributed by atoms with Gasteiger partial charge in [0, 0.05) is 17.8 Å². The Hall–Kier alpha value is -2.34. The molecule has 0 fully saturated rings. The Bertz CT molecular complexity index is 579. The van der Waals surface area contributed by atoms with Crippen LogP contribution < -0.4 is 16.4 Å². The topological polar surface area (TPSA) is 84.2 Å². The van der Waals surface area contributed by atoms with Gasteiger partial charge >= 0.3 is 0 Å². The van der Waals surface area contributed by atoms with E-state index in [4.69, 9.17) is 5.73 Å². The Balaban J connectivity index is 1.75. The number of rotatable bonds is 5. The number of carbonyl (C=O) groups is 2. The molecule has 104 valence electrons. The number of carbonyl (C=O) groups excluding carboxylic acids is 2. The van der Waals surface area contributed by atoms with Crippen molar-refractivity contribution in [3.05, 3.63) is 52.2 Å². The van der Waals surface area contributed by atoms with Crippen molar-refractivity contribution in [3.8, 4) is 0 Å². The highest BCUT2D eigenvalue weighted by atomic mass is 32.1. The first-order valence-corrected chi connectivity index (χ1v) is 7.01. The lowest BCUT2D eigenvalue weighted by molar-refractivity contribution is -0.120. The molecule has 0 aliphatic carbocycles. The van der Waals surface area contributed by atoms with Crippen molar-refractivity contribution in [1.82, 2.24) is 10.6 Å². The molecule has 1 heterocycles. The van der Waals surface area contributed by atoms with Gasteiger partial charge in [0.15, 0.2) is 0 Å². The quantitative estimate of drug-likeness (QED) is 0.727. The normalized spacial score (nSPS) is 10.0. The standard InChI is InChI=1S/C14H15N3O2S/c15-12-3-1-11(2-4-12)14(19)17-8-13(18)16-7-10-5-6-20-9-10/h1-6,9H,7-8,15H2,(H,16,18)(H,17,19). The van der Waals surface area contributed by atoms with Crippen LogP contribution in [0.15, 0.2) is 41.1 Å². The number of amides is 2. The largest absolute Gasteiger partial charge is 0.399 e. The zero-order chi connectivity index (χ0) is 14.4. The third-order valence-corrected chi connectivity index (χ3v) is 3.38. The maximum Gasteiger partial charge on any atom is 0.251 e. The van der Waals surface area contributed by atoms with E-state index in [1.54, 1.807) is 35.6 Å². The molecule has 0 saturated heterocycles. The van der Waals surface area contributed by atoms with E-state index in [0.29, 0.717) is 17.8 Å². The number of thiophene rings is 1. The van der Waals surface area contributed by atoms with Gasteiger partial charge < -0.3 is 16.4 Å². The summed E-state index contributed by atoms with van der Waals surface area (Å²) in [5.74, 6) is -0.518. The van der Waals surface area contributed by atoms with Crippen LogP contribution in [-0.4, -0.2) is 18.4 Å². The van der Waals surface area contributed by atoms with Gasteiger partial charge in [-0.1, -0.05) is 0 Å². The number of nitrogens with two attached hydrogens (primary N) is 1. The predicted molar refractivity (Wildman–Crippen MR) is 79.4 cm³/mol. The van der Waals surface area contributed by atoms with Crippen molar-refractivity contribution >= 4 is 28.8 Å². The summed E-state index contributed by atoms with van der Waals surface area (Å²) in [6, 6.07) is 8.47. The second-order valence-electron chi connectivity index (χ2n) is 4.21. The van der Waals surface area contributed by atoms with Crippen molar-refractivity contribution in [1.29, 1.82) is 0 Å². The molecular formula is C14H15N3O2S. The van der Waals surface area contributed by atoms with E-state index >= 15 is 0 Å². The van der Waals surface area contributed by atoms with Crippen LogP contribution in [0.2, 0.25) is 0 Å². The summed E-state index contributed by atoms with van der Waals surface area (Å²) in [5, 5.41) is 9.21. The van der Waals surface area contributed by atoms with E-state index in [1.165, 1.54) is 0 Å². The molecule has 2 amide bonds. The fourth-order valence-electron chi connectivity index (χ4n) is 1.55. The lowest BCUT2D eigenvalue weighted by Gasteiger charge is -2.06. The van der Waals surface area contributed by atoms with Gasteiger partial charge in [-0.3, -0.25) is 9.59 Å². The lowest BCUT2D eigenvalue weighted by Crippen LogP contribution is -2.36. The molecule has 0 spiro atoms. The van der Waals surface area contributed by atoms with E-state index in [2.05, 4.69) is 10.6 Å². The first-order chi connectivity index (χ1) is 9.65. The first kappa shape index (κ1) is 14.1. The highest BCUT2D eigenvalue weighted by Crippen LogP contribution is 2.05. The smallest absolute Gasteiger partial charge is 0.251 e. The molecule has 0 aliphatic heterocycles. The average molecular weight is 289 g/mol. The van der Waals surface area contributed by atoms with Crippen molar-refractivity contribution in [2.24, 2.45) is 0 Å². The fourth-order valence-corrected chi connectivity index (χ4v) is 2.22. The van der Waals surface area contributed by atoms with Crippen molar-refractivity contribution in [2.45, 2.75) is 6.54 Å². The van der Waals surface area contributed by atoms with E-state index in [-0.39, 0.29) is 18.4 Å². The van der Waals surface area contributed by atoms with E-state index in [1.807, 2.05) is 16.8 Å². The number of anilines is 1. The number of nitrogen functional groups attached to an aromatic ring is 1. The minimum absolute atomic E-state index is 0.0483. The van der Waals surface area contributed by atoms with Gasteiger partial charge in [-0.2, -0.15) is 11.3 Å². The fraction of sp³-hybridized carbons (Fsp3) is 0.143. The average Bonchev–Trinajstić information content (AvgIpc) is 2.96. The van der Waals surface area contributed by atoms with Gasteiger partial charge in [-0.25, -0.2) is 0 Å². The van der Waals surface area contributed by atoms with Crippen LogP contribution in [0, 0.1) is 0 Å².